The summed E-state index contributed by atoms with van der Waals surface area (Å²) in [5.41, 5.74) is 2.15. The molecule has 9 nitrogen and oxygen atoms in total. The predicted molar refractivity (Wildman–Crippen MR) is 119 cm³/mol. The number of hydrogen-bond donors (Lipinski definition) is 3. The summed E-state index contributed by atoms with van der Waals surface area (Å²) < 4.78 is 5.37. The summed E-state index contributed by atoms with van der Waals surface area (Å²) >= 11 is 0. The molecular weight excluding hydrogens is 394 g/mol. The minimum atomic E-state index is -0.336. The Bertz CT molecular complexity index is 1120. The Morgan fingerprint density at radius 2 is 2.06 bits per heavy atom. The second-order valence-corrected chi connectivity index (χ2v) is 7.00. The van der Waals surface area contributed by atoms with Gasteiger partial charge in [0.2, 0.25) is 0 Å². The molecule has 0 aromatic carbocycles. The fourth-order valence-electron chi connectivity index (χ4n) is 3.20. The minimum Gasteiger partial charge on any atom is -0.378 e. The van der Waals surface area contributed by atoms with Crippen LogP contribution in [0.4, 0.5) is 11.6 Å². The number of hydrogen-bond acceptors (Lipinski definition) is 7. The van der Waals surface area contributed by atoms with E-state index in [2.05, 4.69) is 30.2 Å². The largest absolute Gasteiger partial charge is 0.378 e. The van der Waals surface area contributed by atoms with Gasteiger partial charge < -0.3 is 25.3 Å². The van der Waals surface area contributed by atoms with E-state index in [1.165, 1.54) is 6.20 Å². The molecule has 0 aliphatic carbocycles. The van der Waals surface area contributed by atoms with E-state index in [0.717, 1.165) is 30.2 Å². The topological polar surface area (TPSA) is 120 Å². The van der Waals surface area contributed by atoms with Crippen molar-refractivity contribution in [1.82, 2.24) is 19.9 Å². The van der Waals surface area contributed by atoms with Gasteiger partial charge in [-0.15, -0.1) is 0 Å². The van der Waals surface area contributed by atoms with Crippen molar-refractivity contribution in [3.63, 3.8) is 0 Å². The number of aromatic amines is 1. The van der Waals surface area contributed by atoms with Crippen LogP contribution in [0.5, 0.6) is 0 Å². The van der Waals surface area contributed by atoms with E-state index in [1.807, 2.05) is 25.1 Å². The maximum absolute atomic E-state index is 12.6. The zero-order chi connectivity index (χ0) is 21.6. The van der Waals surface area contributed by atoms with E-state index in [1.54, 1.807) is 30.5 Å². The van der Waals surface area contributed by atoms with Crippen molar-refractivity contribution in [3.8, 4) is 0 Å². The van der Waals surface area contributed by atoms with E-state index in [-0.39, 0.29) is 5.91 Å². The van der Waals surface area contributed by atoms with Crippen LogP contribution < -0.4 is 10.2 Å². The Labute approximate surface area is 179 Å². The number of ether oxygens (including phenoxy) is 1. The number of morpholine rings is 1. The zero-order valence-corrected chi connectivity index (χ0v) is 17.1. The first-order valence-electron chi connectivity index (χ1n) is 9.95. The number of rotatable bonds is 6. The molecule has 0 unspecified atom stereocenters. The second-order valence-electron chi connectivity index (χ2n) is 7.00. The molecule has 0 radical (unpaired) electrons. The van der Waals surface area contributed by atoms with E-state index in [4.69, 9.17) is 10.1 Å². The summed E-state index contributed by atoms with van der Waals surface area (Å²) in [6.45, 7) is 4.73. The van der Waals surface area contributed by atoms with Gasteiger partial charge in [-0.05, 0) is 43.3 Å². The lowest BCUT2D eigenvalue weighted by atomic mass is 10.1. The van der Waals surface area contributed by atoms with Gasteiger partial charge in [-0.3, -0.25) is 9.78 Å². The first kappa shape index (κ1) is 20.4. The van der Waals surface area contributed by atoms with Gasteiger partial charge in [-0.2, -0.15) is 0 Å². The molecule has 1 fully saturated rings. The van der Waals surface area contributed by atoms with Crippen LogP contribution in [0, 0.1) is 12.3 Å². The Balaban J connectivity index is 1.40. The molecule has 1 saturated heterocycles. The van der Waals surface area contributed by atoms with Crippen molar-refractivity contribution < 1.29 is 9.53 Å². The summed E-state index contributed by atoms with van der Waals surface area (Å²) in [4.78, 5) is 30.6. The van der Waals surface area contributed by atoms with Crippen LogP contribution in [0.25, 0.3) is 6.08 Å². The third kappa shape index (κ3) is 5.01. The number of aromatic nitrogens is 4. The number of nitrogens with zero attached hydrogens (tertiary/aromatic N) is 4. The van der Waals surface area contributed by atoms with Crippen LogP contribution in [0.2, 0.25) is 0 Å². The zero-order valence-electron chi connectivity index (χ0n) is 17.1. The molecule has 0 atom stereocenters. The third-order valence-electron chi connectivity index (χ3n) is 4.86. The predicted octanol–water partition coefficient (Wildman–Crippen LogP) is 2.68. The Morgan fingerprint density at radius 3 is 2.87 bits per heavy atom. The number of carbonyl (C=O) groups is 1. The van der Waals surface area contributed by atoms with Crippen LogP contribution in [0.1, 0.15) is 27.6 Å². The van der Waals surface area contributed by atoms with E-state index in [0.29, 0.717) is 36.3 Å². The van der Waals surface area contributed by atoms with Crippen LogP contribution in [0.3, 0.4) is 0 Å². The van der Waals surface area contributed by atoms with Crippen LogP contribution >= 0.6 is 0 Å². The molecule has 0 saturated carbocycles. The number of imidazole rings is 1. The molecule has 3 N–H and O–H groups in total. The Kier molecular flexibility index (Phi) is 6.13. The molecular formula is C22H23N7O2. The summed E-state index contributed by atoms with van der Waals surface area (Å²) in [6.07, 6.45) is 6.43. The van der Waals surface area contributed by atoms with Crippen molar-refractivity contribution in [2.75, 3.05) is 36.5 Å². The summed E-state index contributed by atoms with van der Waals surface area (Å²) in [7, 11) is 0. The van der Waals surface area contributed by atoms with E-state index < -0.39 is 0 Å². The van der Waals surface area contributed by atoms with Crippen LogP contribution in [-0.2, 0) is 4.74 Å². The second kappa shape index (κ2) is 9.31. The highest BCUT2D eigenvalue weighted by Crippen LogP contribution is 2.16. The molecule has 158 valence electrons. The molecule has 9 heteroatoms. The van der Waals surface area contributed by atoms with Crippen LogP contribution in [0.15, 0.2) is 48.8 Å². The van der Waals surface area contributed by atoms with Crippen molar-refractivity contribution in [2.45, 2.75) is 6.92 Å². The lowest BCUT2D eigenvalue weighted by molar-refractivity contribution is 0.102. The molecule has 4 rings (SSSR count). The van der Waals surface area contributed by atoms with Gasteiger partial charge in [0, 0.05) is 30.5 Å². The number of nitrogens with one attached hydrogen (secondary N) is 3. The number of pyridine rings is 2. The first-order chi connectivity index (χ1) is 15.1. The first-order valence-corrected chi connectivity index (χ1v) is 9.95. The molecule has 3 aromatic heterocycles. The highest BCUT2D eigenvalue weighted by Gasteiger charge is 2.14. The van der Waals surface area contributed by atoms with Gasteiger partial charge in [-0.25, -0.2) is 9.97 Å². The lowest BCUT2D eigenvalue weighted by Crippen LogP contribution is -2.36. The molecule has 1 aliphatic heterocycles. The SMILES string of the molecule is Cc1ncccc1C(=N)/C=C\c1ncc(C(=O)Nc2cccc(N3CCOCC3)n2)[nH]1. The average Bonchev–Trinajstić information content (AvgIpc) is 3.28. The molecule has 1 amide bonds. The van der Waals surface area contributed by atoms with Gasteiger partial charge in [0.25, 0.3) is 5.91 Å². The fraction of sp³-hybridized carbons (Fsp3) is 0.227. The summed E-state index contributed by atoms with van der Waals surface area (Å²) in [6, 6.07) is 9.16. The molecule has 3 aromatic rings. The van der Waals surface area contributed by atoms with Gasteiger partial charge in [-0.1, -0.05) is 6.07 Å². The number of H-pyrrole nitrogens is 1. The Hall–Kier alpha value is -3.85. The van der Waals surface area contributed by atoms with Crippen molar-refractivity contribution in [3.05, 3.63) is 71.6 Å². The minimum absolute atomic E-state index is 0.308. The van der Waals surface area contributed by atoms with Gasteiger partial charge in [0.1, 0.15) is 23.2 Å². The lowest BCUT2D eigenvalue weighted by Gasteiger charge is -2.27. The smallest absolute Gasteiger partial charge is 0.274 e. The number of carbonyl (C=O) groups excluding carboxylic acids is 1. The number of allylic oxidation sites excluding steroid dienone is 1. The van der Waals surface area contributed by atoms with Crippen molar-refractivity contribution >= 4 is 29.3 Å². The van der Waals surface area contributed by atoms with Crippen molar-refractivity contribution in [2.24, 2.45) is 0 Å². The fourth-order valence-corrected chi connectivity index (χ4v) is 3.20. The highest BCUT2D eigenvalue weighted by atomic mass is 16.5. The van der Waals surface area contributed by atoms with Crippen LogP contribution in [-0.4, -0.2) is 57.9 Å². The molecule has 4 heterocycles. The summed E-state index contributed by atoms with van der Waals surface area (Å²) in [5, 5.41) is 11.0. The number of anilines is 2. The normalized spacial score (nSPS) is 14.0. The van der Waals surface area contributed by atoms with E-state index >= 15 is 0 Å². The third-order valence-corrected chi connectivity index (χ3v) is 4.86. The maximum Gasteiger partial charge on any atom is 0.274 e. The van der Waals surface area contributed by atoms with Crippen molar-refractivity contribution in [1.29, 1.82) is 5.41 Å². The summed E-state index contributed by atoms with van der Waals surface area (Å²) in [5.74, 6) is 1.41. The molecule has 31 heavy (non-hydrogen) atoms. The maximum atomic E-state index is 12.6. The standard InChI is InChI=1S/C22H23N7O2/c1-15-16(4-3-9-24-15)17(23)7-8-19-25-14-18(26-19)22(30)28-20-5-2-6-21(27-20)29-10-12-31-13-11-29/h2-9,14,23H,10-13H2,1H3,(H,25,26)(H,27,28,30)/b8-7-,23-17?. The van der Waals surface area contributed by atoms with Gasteiger partial charge >= 0.3 is 0 Å². The molecule has 0 bridgehead atoms. The molecule has 1 aliphatic rings. The monoisotopic (exact) mass is 417 g/mol. The van der Waals surface area contributed by atoms with Gasteiger partial charge in [0.15, 0.2) is 0 Å². The van der Waals surface area contributed by atoms with Gasteiger partial charge in [0.05, 0.1) is 25.1 Å². The molecule has 0 spiro atoms. The highest BCUT2D eigenvalue weighted by molar-refractivity contribution is 6.09. The van der Waals surface area contributed by atoms with E-state index in [9.17, 15) is 4.79 Å². The quantitative estimate of drug-likeness (QED) is 0.531. The number of amides is 1. The Morgan fingerprint density at radius 1 is 1.23 bits per heavy atom. The number of aryl methyl sites for hydroxylation is 1. The average molecular weight is 417 g/mol.